The Bertz CT molecular complexity index is 1940. The summed E-state index contributed by atoms with van der Waals surface area (Å²) in [5.41, 5.74) is 0. The van der Waals surface area contributed by atoms with Crippen LogP contribution in [0.2, 0.25) is 156 Å². The van der Waals surface area contributed by atoms with Crippen molar-refractivity contribution in [1.29, 1.82) is 0 Å². The molecule has 0 spiro atoms. The van der Waals surface area contributed by atoms with Crippen molar-refractivity contribution in [3.8, 4) is 0 Å². The second-order valence-electron chi connectivity index (χ2n) is 24.2. The number of halogens is 22. The highest BCUT2D eigenvalue weighted by atomic mass is 35.7. The van der Waals surface area contributed by atoms with Gasteiger partial charge in [-0.2, -0.15) is 79.0 Å². The molecule has 2 aliphatic heterocycles. The first-order valence-corrected chi connectivity index (χ1v) is 63.4. The maximum absolute atomic E-state index is 12.5. The fourth-order valence-corrected chi connectivity index (χ4v) is 67.4. The first-order valence-electron chi connectivity index (χ1n) is 26.1. The minimum atomic E-state index is -5.53. The third-order valence-corrected chi connectivity index (χ3v) is 55.1. The van der Waals surface area contributed by atoms with Gasteiger partial charge in [0.25, 0.3) is 15.3 Å². The van der Waals surface area contributed by atoms with E-state index in [2.05, 4.69) is 53.5 Å². The average molecular weight is 1600 g/mol. The first kappa shape index (κ1) is 93.2. The number of hydrogen-bond donors (Lipinski definition) is 0. The monoisotopic (exact) mass is 1590 g/mol. The quantitative estimate of drug-likeness (QED) is 0.0470. The van der Waals surface area contributed by atoms with E-state index >= 15 is 0 Å². The van der Waals surface area contributed by atoms with Crippen LogP contribution in [0.3, 0.4) is 0 Å². The van der Waals surface area contributed by atoms with Crippen LogP contribution in [0.4, 0.5) is 79.0 Å². The van der Waals surface area contributed by atoms with Crippen molar-refractivity contribution in [2.24, 2.45) is 0 Å². The summed E-state index contributed by atoms with van der Waals surface area (Å²) in [7, 11) is -27.1. The van der Waals surface area contributed by atoms with Gasteiger partial charge in [0.15, 0.2) is 0 Å². The van der Waals surface area contributed by atoms with Crippen molar-refractivity contribution in [2.75, 3.05) is 19.8 Å². The highest BCUT2D eigenvalue weighted by Crippen LogP contribution is 2.40. The Hall–Kier alpha value is 2.05. The smallest absolute Gasteiger partial charge is 0.423 e. The highest BCUT2D eigenvalue weighted by molar-refractivity contribution is 7.44. The summed E-state index contributed by atoms with van der Waals surface area (Å²) in [5, 5.41) is 0. The van der Waals surface area contributed by atoms with Crippen LogP contribution in [0.25, 0.3) is 0 Å². The second-order valence-corrected chi connectivity index (χ2v) is 76.3. The van der Waals surface area contributed by atoms with E-state index < -0.39 is 174 Å². The van der Waals surface area contributed by atoms with Gasteiger partial charge in [-0.3, -0.25) is 0 Å². The van der Waals surface area contributed by atoms with Crippen molar-refractivity contribution < 1.29 is 136 Å². The third kappa shape index (κ3) is 43.8. The van der Waals surface area contributed by atoms with E-state index in [-0.39, 0.29) is 47.2 Å². The Morgan fingerprint density at radius 3 is 0.828 bits per heavy atom. The molecule has 0 N–H and O–H groups in total. The van der Waals surface area contributed by atoms with E-state index in [4.69, 9.17) is 85.5 Å². The molecule has 1 unspecified atom stereocenters. The molecule has 525 valence electrons. The molecular formula is C39H86BCl4F18O13Si12. The molecule has 87 heavy (non-hydrogen) atoms. The average Bonchev–Trinajstić information content (AvgIpc) is 3.08. The van der Waals surface area contributed by atoms with Gasteiger partial charge in [-0.15, -0.1) is 44.3 Å². The zero-order chi connectivity index (χ0) is 69.3. The lowest BCUT2D eigenvalue weighted by molar-refractivity contribution is -0.322. The molecule has 2 rings (SSSR count). The molecule has 0 amide bonds. The zero-order valence-corrected chi connectivity index (χ0v) is 67.3. The number of ether oxygens (including phenoxy) is 3. The molecule has 0 aromatic rings. The SMILES string of the molecule is C[Si](C)(Cl)O[Si](C)(C)O[Si](C)(C)O[Si](C)(Cl)CCCOC(C(F)(F)F)C(F)(F)F.C[Si](Cl)(Cl)CCCOC(C(F)(F)F)C(F)(F)F.C[Si]1(C)O[Si](C)(C)O[Si](C)(C)O1.C[Si]1(C)O[Si](C)(C)O[Si](C)(CCCOC(C(F)(F)F)C(F)(F)F)O[Si](C)(C)O1.[2HH].[B]. The minimum absolute atomic E-state index is 0. The van der Waals surface area contributed by atoms with Crippen LogP contribution in [0, 0.1) is 0 Å². The fraction of sp³-hybridized carbons (Fsp3) is 1.00. The molecule has 3 radical (unpaired) electrons. The molecule has 0 bridgehead atoms. The Kier molecular flexibility index (Phi) is 35.9. The van der Waals surface area contributed by atoms with Crippen molar-refractivity contribution in [2.45, 2.75) is 230 Å². The summed E-state index contributed by atoms with van der Waals surface area (Å²) in [6.45, 7) is 34.5. The molecule has 2 heterocycles. The topological polar surface area (TPSA) is 120 Å². The molecule has 13 nitrogen and oxygen atoms in total. The molecule has 0 aliphatic carbocycles. The zero-order valence-electron chi connectivity index (χ0n) is 52.3. The molecule has 0 saturated carbocycles. The van der Waals surface area contributed by atoms with Crippen molar-refractivity contribution in [1.82, 2.24) is 0 Å². The number of rotatable bonds is 21. The lowest BCUT2D eigenvalue weighted by atomic mass is 10.3. The summed E-state index contributed by atoms with van der Waals surface area (Å²) in [6, 6.07) is 0.422. The van der Waals surface area contributed by atoms with Gasteiger partial charge < -0.3 is 55.4 Å². The number of alkyl halides is 18. The third-order valence-electron chi connectivity index (χ3n) is 9.76. The largest absolute Gasteiger partial charge is 0.425 e. The van der Waals surface area contributed by atoms with Crippen LogP contribution in [0.5, 0.6) is 0 Å². The van der Waals surface area contributed by atoms with Crippen LogP contribution in [-0.2, 0) is 55.4 Å². The maximum Gasteiger partial charge on any atom is 0.423 e. The van der Waals surface area contributed by atoms with Crippen LogP contribution in [0.1, 0.15) is 20.7 Å². The van der Waals surface area contributed by atoms with E-state index in [1.54, 1.807) is 39.3 Å². The molecule has 1 atom stereocenters. The van der Waals surface area contributed by atoms with E-state index in [1.165, 1.54) is 6.55 Å². The Balaban J connectivity index is -0.000000556. The highest BCUT2D eigenvalue weighted by Gasteiger charge is 2.61. The van der Waals surface area contributed by atoms with E-state index in [1.807, 2.05) is 52.4 Å². The Morgan fingerprint density at radius 2 is 0.586 bits per heavy atom. The maximum atomic E-state index is 12.5. The van der Waals surface area contributed by atoms with Crippen LogP contribution in [0.15, 0.2) is 0 Å². The fourth-order valence-electron chi connectivity index (χ4n) is 8.92. The van der Waals surface area contributed by atoms with E-state index in [9.17, 15) is 79.0 Å². The molecule has 48 heteroatoms. The van der Waals surface area contributed by atoms with Gasteiger partial charge in [-0.25, -0.2) is 0 Å². The number of hydrogen-bond acceptors (Lipinski definition) is 13. The van der Waals surface area contributed by atoms with Crippen molar-refractivity contribution in [3.63, 3.8) is 0 Å². The minimum Gasteiger partial charge on any atom is -0.425 e. The lowest BCUT2D eigenvalue weighted by Gasteiger charge is -2.47. The molecule has 0 aromatic carbocycles. The van der Waals surface area contributed by atoms with Gasteiger partial charge in [-0.05, 0) is 175 Å². The Morgan fingerprint density at radius 1 is 0.356 bits per heavy atom. The van der Waals surface area contributed by atoms with Gasteiger partial charge in [-0.1, -0.05) is 0 Å². The van der Waals surface area contributed by atoms with Crippen molar-refractivity contribution >= 4 is 152 Å². The van der Waals surface area contributed by atoms with Gasteiger partial charge in [0.2, 0.25) is 25.0 Å². The molecule has 2 fully saturated rings. The van der Waals surface area contributed by atoms with E-state index in [0.29, 0.717) is 0 Å². The van der Waals surface area contributed by atoms with E-state index in [0.717, 1.165) is 0 Å². The summed E-state index contributed by atoms with van der Waals surface area (Å²) in [6.07, 6.45) is -44.6. The van der Waals surface area contributed by atoms with Crippen LogP contribution >= 0.6 is 44.3 Å². The van der Waals surface area contributed by atoms with Gasteiger partial charge in [0.05, 0.1) is 0 Å². The van der Waals surface area contributed by atoms with Gasteiger partial charge >= 0.3 is 114 Å². The van der Waals surface area contributed by atoms with Gasteiger partial charge in [0, 0.05) is 29.7 Å². The molecule has 2 saturated heterocycles. The summed E-state index contributed by atoms with van der Waals surface area (Å²) in [4.78, 5) is 0. The molecular weight excluding hydrogens is 1510 g/mol. The molecule has 2 aliphatic rings. The first-order chi connectivity index (χ1) is 37.1. The predicted octanol–water partition coefficient (Wildman–Crippen LogP) is 18.2. The summed E-state index contributed by atoms with van der Waals surface area (Å²) >= 11 is 23.9. The predicted molar refractivity (Wildman–Crippen MR) is 328 cm³/mol. The van der Waals surface area contributed by atoms with Crippen molar-refractivity contribution in [3.05, 3.63) is 0 Å². The van der Waals surface area contributed by atoms with Gasteiger partial charge in [0.1, 0.15) is 0 Å². The molecule has 0 aromatic heterocycles. The summed E-state index contributed by atoms with van der Waals surface area (Å²) < 4.78 is 294. The lowest BCUT2D eigenvalue weighted by Crippen LogP contribution is -2.65. The van der Waals surface area contributed by atoms with Crippen LogP contribution < -0.4 is 0 Å². The standard InChI is InChI=1S/C13H28Cl2F6O4Si4.C13H28F6O5Si4.C7H10Cl2F6OSi.C6H18O3Si3.B.H2/c1-26(2,14)23-27(3,4)24-28(5,6)25-29(7,15)10-8-9-22-11(12(16,17)18)13(19,20)21;1-25(2)21-26(3,4)23-28(7,24-27(5,6)22-25)10-8-9-20-11(12(14,15)16)13(17,18)19;1-17(8,9)4-2-3-16-5(6(10,11)12)7(13,14)15;1-10(2)7-11(3,4)9-12(5,6)8-10;;/h11H,8-10H2,1-7H3;11H,8-10H2,1-7H3;5H,2-4H2,1H3;1-6H3;;1H/i;;;;;1+1. The second kappa shape index (κ2) is 33.5. The normalized spacial score (nSPS) is 20.8. The summed E-state index contributed by atoms with van der Waals surface area (Å²) in [5.74, 6) is 0. The van der Waals surface area contributed by atoms with Crippen LogP contribution in [-0.4, -0.2) is 183 Å². The Labute approximate surface area is 534 Å².